The first-order valence-electron chi connectivity index (χ1n) is 7.24. The molecule has 0 spiro atoms. The average molecular weight is 246 g/mol. The third kappa shape index (κ3) is 3.05. The van der Waals surface area contributed by atoms with Crippen molar-refractivity contribution >= 4 is 5.69 Å². The van der Waals surface area contributed by atoms with Gasteiger partial charge < -0.3 is 10.2 Å². The Morgan fingerprint density at radius 3 is 2.39 bits per heavy atom. The van der Waals surface area contributed by atoms with E-state index in [4.69, 9.17) is 0 Å². The number of nitrogens with one attached hydrogen (secondary N) is 1. The minimum absolute atomic E-state index is 0.487. The van der Waals surface area contributed by atoms with E-state index in [1.807, 2.05) is 0 Å². The predicted molar refractivity (Wildman–Crippen MR) is 79.2 cm³/mol. The Morgan fingerprint density at radius 1 is 1.17 bits per heavy atom. The Labute approximate surface area is 111 Å². The van der Waals surface area contributed by atoms with Crippen LogP contribution >= 0.6 is 0 Å². The maximum absolute atomic E-state index is 3.40. The molecular formula is C16H26N2. The van der Waals surface area contributed by atoms with Crippen LogP contribution in [0.25, 0.3) is 0 Å². The lowest BCUT2D eigenvalue weighted by Gasteiger charge is -2.36. The van der Waals surface area contributed by atoms with Gasteiger partial charge in [0.25, 0.3) is 0 Å². The van der Waals surface area contributed by atoms with Crippen LogP contribution in [0.3, 0.4) is 0 Å². The molecule has 1 saturated carbocycles. The molecule has 0 atom stereocenters. The highest BCUT2D eigenvalue weighted by atomic mass is 15.1. The van der Waals surface area contributed by atoms with Crippen LogP contribution in [-0.4, -0.2) is 26.7 Å². The van der Waals surface area contributed by atoms with Crippen molar-refractivity contribution in [2.24, 2.45) is 5.41 Å². The lowest BCUT2D eigenvalue weighted by molar-refractivity contribution is 0.292. The topological polar surface area (TPSA) is 15.3 Å². The molecule has 1 aromatic rings. The molecule has 0 unspecified atom stereocenters. The minimum Gasteiger partial charge on any atom is -0.371 e. The lowest BCUT2D eigenvalue weighted by Crippen LogP contribution is -2.42. The molecule has 0 amide bonds. The minimum atomic E-state index is 0.487. The van der Waals surface area contributed by atoms with Crippen LogP contribution in [0.5, 0.6) is 0 Å². The zero-order valence-electron chi connectivity index (χ0n) is 11.8. The van der Waals surface area contributed by atoms with Gasteiger partial charge in [-0.25, -0.2) is 0 Å². The van der Waals surface area contributed by atoms with Crippen LogP contribution in [-0.2, 0) is 0 Å². The Morgan fingerprint density at radius 2 is 1.83 bits per heavy atom. The molecule has 1 aromatic carbocycles. The molecule has 0 heterocycles. The van der Waals surface area contributed by atoms with Crippen molar-refractivity contribution in [1.29, 1.82) is 0 Å². The van der Waals surface area contributed by atoms with Crippen LogP contribution in [0.1, 0.15) is 32.6 Å². The molecule has 1 fully saturated rings. The summed E-state index contributed by atoms with van der Waals surface area (Å²) in [4.78, 5) is 2.53. The van der Waals surface area contributed by atoms with Gasteiger partial charge in [0, 0.05) is 30.7 Å². The van der Waals surface area contributed by atoms with E-state index >= 15 is 0 Å². The van der Waals surface area contributed by atoms with E-state index in [0.29, 0.717) is 5.41 Å². The van der Waals surface area contributed by atoms with E-state index in [-0.39, 0.29) is 0 Å². The smallest absolute Gasteiger partial charge is 0.0366 e. The first-order valence-corrected chi connectivity index (χ1v) is 7.24. The first-order chi connectivity index (χ1) is 8.79. The van der Waals surface area contributed by atoms with Gasteiger partial charge in [-0.2, -0.15) is 0 Å². The number of anilines is 1. The standard InChI is InChI=1S/C16H26N2/c1-3-18(15-9-5-4-6-10-15)14-16(13-17-2)11-7-8-12-16/h4-6,9-10,17H,3,7-8,11-14H2,1-2H3. The largest absolute Gasteiger partial charge is 0.371 e. The van der Waals surface area contributed by atoms with E-state index in [0.717, 1.165) is 13.1 Å². The summed E-state index contributed by atoms with van der Waals surface area (Å²) in [5.74, 6) is 0. The van der Waals surface area contributed by atoms with Crippen molar-refractivity contribution in [3.63, 3.8) is 0 Å². The van der Waals surface area contributed by atoms with Crippen LogP contribution in [0, 0.1) is 5.41 Å². The highest BCUT2D eigenvalue weighted by molar-refractivity contribution is 5.46. The summed E-state index contributed by atoms with van der Waals surface area (Å²) < 4.78 is 0. The number of rotatable bonds is 6. The second kappa shape index (κ2) is 6.24. The number of benzene rings is 1. The summed E-state index contributed by atoms with van der Waals surface area (Å²) >= 11 is 0. The van der Waals surface area contributed by atoms with Gasteiger partial charge in [-0.05, 0) is 38.9 Å². The van der Waals surface area contributed by atoms with E-state index in [2.05, 4.69) is 54.5 Å². The van der Waals surface area contributed by atoms with Gasteiger partial charge in [0.05, 0.1) is 0 Å². The number of nitrogens with zero attached hydrogens (tertiary/aromatic N) is 1. The highest BCUT2D eigenvalue weighted by Crippen LogP contribution is 2.39. The van der Waals surface area contributed by atoms with Gasteiger partial charge in [0.15, 0.2) is 0 Å². The normalized spacial score (nSPS) is 17.9. The molecule has 1 N–H and O–H groups in total. The number of para-hydroxylation sites is 1. The van der Waals surface area contributed by atoms with E-state index < -0.39 is 0 Å². The Balaban J connectivity index is 2.09. The fourth-order valence-corrected chi connectivity index (χ4v) is 3.32. The van der Waals surface area contributed by atoms with E-state index in [9.17, 15) is 0 Å². The van der Waals surface area contributed by atoms with Crippen molar-refractivity contribution in [2.75, 3.05) is 31.6 Å². The monoisotopic (exact) mass is 246 g/mol. The van der Waals surface area contributed by atoms with Gasteiger partial charge in [0.2, 0.25) is 0 Å². The molecule has 1 aliphatic rings. The van der Waals surface area contributed by atoms with E-state index in [1.54, 1.807) is 0 Å². The van der Waals surface area contributed by atoms with Crippen molar-refractivity contribution in [2.45, 2.75) is 32.6 Å². The van der Waals surface area contributed by atoms with Crippen molar-refractivity contribution < 1.29 is 0 Å². The molecule has 0 radical (unpaired) electrons. The van der Waals surface area contributed by atoms with Gasteiger partial charge in [-0.15, -0.1) is 0 Å². The fourth-order valence-electron chi connectivity index (χ4n) is 3.32. The highest BCUT2D eigenvalue weighted by Gasteiger charge is 2.34. The zero-order valence-corrected chi connectivity index (χ0v) is 11.8. The molecule has 18 heavy (non-hydrogen) atoms. The summed E-state index contributed by atoms with van der Waals surface area (Å²) in [6.45, 7) is 5.69. The second-order valence-electron chi connectivity index (χ2n) is 5.59. The van der Waals surface area contributed by atoms with Crippen LogP contribution < -0.4 is 10.2 Å². The van der Waals surface area contributed by atoms with Crippen LogP contribution in [0.15, 0.2) is 30.3 Å². The molecule has 2 nitrogen and oxygen atoms in total. The third-order valence-electron chi connectivity index (χ3n) is 4.25. The van der Waals surface area contributed by atoms with Gasteiger partial charge in [0.1, 0.15) is 0 Å². The van der Waals surface area contributed by atoms with Gasteiger partial charge in [-0.3, -0.25) is 0 Å². The average Bonchev–Trinajstić information content (AvgIpc) is 2.86. The fraction of sp³-hybridized carbons (Fsp3) is 0.625. The van der Waals surface area contributed by atoms with Crippen molar-refractivity contribution in [1.82, 2.24) is 5.32 Å². The molecule has 0 aromatic heterocycles. The molecule has 0 saturated heterocycles. The molecule has 100 valence electrons. The van der Waals surface area contributed by atoms with Crippen molar-refractivity contribution in [3.05, 3.63) is 30.3 Å². The van der Waals surface area contributed by atoms with Crippen LogP contribution in [0.2, 0.25) is 0 Å². The quantitative estimate of drug-likeness (QED) is 0.828. The third-order valence-corrected chi connectivity index (χ3v) is 4.25. The summed E-state index contributed by atoms with van der Waals surface area (Å²) in [6, 6.07) is 10.8. The first kappa shape index (κ1) is 13.4. The maximum atomic E-state index is 3.40. The van der Waals surface area contributed by atoms with Crippen molar-refractivity contribution in [3.8, 4) is 0 Å². The summed E-state index contributed by atoms with van der Waals surface area (Å²) in [5, 5.41) is 3.40. The molecule has 2 rings (SSSR count). The lowest BCUT2D eigenvalue weighted by atomic mass is 9.85. The maximum Gasteiger partial charge on any atom is 0.0366 e. The summed E-state index contributed by atoms with van der Waals surface area (Å²) in [5.41, 5.74) is 1.85. The Hall–Kier alpha value is -1.02. The summed E-state index contributed by atoms with van der Waals surface area (Å²) in [6.07, 6.45) is 5.54. The van der Waals surface area contributed by atoms with Gasteiger partial charge in [-0.1, -0.05) is 31.0 Å². The number of hydrogen-bond acceptors (Lipinski definition) is 2. The van der Waals surface area contributed by atoms with E-state index in [1.165, 1.54) is 37.9 Å². The molecule has 0 bridgehead atoms. The molecule has 0 aliphatic heterocycles. The Bertz CT molecular complexity index is 341. The second-order valence-corrected chi connectivity index (χ2v) is 5.59. The molecule has 2 heteroatoms. The van der Waals surface area contributed by atoms with Gasteiger partial charge >= 0.3 is 0 Å². The molecule has 1 aliphatic carbocycles. The van der Waals surface area contributed by atoms with Crippen LogP contribution in [0.4, 0.5) is 5.69 Å². The summed E-state index contributed by atoms with van der Waals surface area (Å²) in [7, 11) is 2.08. The SMILES string of the molecule is CCN(CC1(CNC)CCCC1)c1ccccc1. The number of hydrogen-bond donors (Lipinski definition) is 1. The predicted octanol–water partition coefficient (Wildman–Crippen LogP) is 3.29. The Kier molecular flexibility index (Phi) is 4.65. The zero-order chi connectivity index (χ0) is 12.8. The molecular weight excluding hydrogens is 220 g/mol.